The van der Waals surface area contributed by atoms with Crippen molar-refractivity contribution in [3.63, 3.8) is 0 Å². The van der Waals surface area contributed by atoms with E-state index in [-0.39, 0.29) is 17.0 Å². The van der Waals surface area contributed by atoms with E-state index in [0.29, 0.717) is 0 Å². The predicted octanol–water partition coefficient (Wildman–Crippen LogP) is 2.60. The highest BCUT2D eigenvalue weighted by atomic mass is 79.9. The van der Waals surface area contributed by atoms with Gasteiger partial charge in [-0.25, -0.2) is 0 Å². The van der Waals surface area contributed by atoms with Crippen molar-refractivity contribution in [1.82, 2.24) is 0 Å². The van der Waals surface area contributed by atoms with Crippen LogP contribution in [0.15, 0.2) is 91.1 Å². The average Bonchev–Trinajstić information content (AvgIpc) is 2.69. The van der Waals surface area contributed by atoms with Crippen LogP contribution in [0.1, 0.15) is 5.56 Å². The van der Waals surface area contributed by atoms with Crippen molar-refractivity contribution in [2.24, 2.45) is 0 Å². The Kier molecular flexibility index (Phi) is 6.15. The molecule has 0 aliphatic rings. The summed E-state index contributed by atoms with van der Waals surface area (Å²) in [4.78, 5) is 2.21. The Morgan fingerprint density at radius 2 is 1.52 bits per heavy atom. The second kappa shape index (κ2) is 8.55. The fourth-order valence-electron chi connectivity index (χ4n) is 3.29. The topological polar surface area (TPSA) is 7.12 Å². The Bertz CT molecular complexity index is 1040. The zero-order chi connectivity index (χ0) is 17.9. The third-order valence-electron chi connectivity index (χ3n) is 4.66. The highest BCUT2D eigenvalue weighted by molar-refractivity contribution is 6.31. The smallest absolute Gasteiger partial charge is 0.216 e. The van der Waals surface area contributed by atoms with Crippen LogP contribution in [-0.4, -0.2) is 7.05 Å². The largest absolute Gasteiger partial charge is 1.00 e. The van der Waals surface area contributed by atoms with Crippen molar-refractivity contribution < 1.29 is 21.5 Å². The lowest BCUT2D eigenvalue weighted by Crippen LogP contribution is -3.00. The number of anilines is 2. The fraction of sp³-hybridized carbons (Fsp3) is 0.0870. The minimum Gasteiger partial charge on any atom is -1.00 e. The molecule has 0 N–H and O–H groups in total. The maximum Gasteiger partial charge on any atom is 0.216 e. The van der Waals surface area contributed by atoms with E-state index in [2.05, 4.69) is 83.4 Å². The van der Waals surface area contributed by atoms with E-state index in [1.54, 1.807) is 0 Å². The quantitative estimate of drug-likeness (QED) is 0.443. The van der Waals surface area contributed by atoms with Crippen LogP contribution in [0.25, 0.3) is 10.9 Å². The molecule has 4 rings (SSSR count). The Morgan fingerprint density at radius 3 is 2.22 bits per heavy atom. The van der Waals surface area contributed by atoms with Crippen LogP contribution in [0.3, 0.4) is 0 Å². The van der Waals surface area contributed by atoms with Crippen LogP contribution in [0.2, 0.25) is 5.02 Å². The van der Waals surface area contributed by atoms with Gasteiger partial charge in [-0.3, -0.25) is 0 Å². The van der Waals surface area contributed by atoms with Gasteiger partial charge < -0.3 is 21.9 Å². The molecule has 3 aromatic carbocycles. The summed E-state index contributed by atoms with van der Waals surface area (Å²) >= 11 is 6.32. The molecule has 0 saturated carbocycles. The van der Waals surface area contributed by atoms with Gasteiger partial charge in [-0.15, -0.1) is 0 Å². The average molecular weight is 440 g/mol. The molecule has 136 valence electrons. The number of rotatable bonds is 4. The van der Waals surface area contributed by atoms with Gasteiger partial charge >= 0.3 is 0 Å². The SMILES string of the molecule is CN(c1ccccc1)c1cc[n+](Cc2ccccc2)c2cc(Cl)ccc12.[Br-]. The van der Waals surface area contributed by atoms with E-state index < -0.39 is 0 Å². The van der Waals surface area contributed by atoms with Gasteiger partial charge in [0.15, 0.2) is 12.7 Å². The molecule has 0 radical (unpaired) electrons. The zero-order valence-corrected chi connectivity index (χ0v) is 17.4. The van der Waals surface area contributed by atoms with E-state index in [4.69, 9.17) is 11.6 Å². The summed E-state index contributed by atoms with van der Waals surface area (Å²) in [5, 5.41) is 1.93. The molecule has 0 fully saturated rings. The molecule has 0 saturated heterocycles. The molecule has 4 aromatic rings. The second-order valence-corrected chi connectivity index (χ2v) is 6.81. The summed E-state index contributed by atoms with van der Waals surface area (Å²) in [6.07, 6.45) is 2.14. The highest BCUT2D eigenvalue weighted by Gasteiger charge is 2.17. The van der Waals surface area contributed by atoms with Crippen LogP contribution in [0.5, 0.6) is 0 Å². The zero-order valence-electron chi connectivity index (χ0n) is 15.0. The van der Waals surface area contributed by atoms with E-state index in [1.807, 2.05) is 24.3 Å². The lowest BCUT2D eigenvalue weighted by atomic mass is 10.1. The summed E-state index contributed by atoms with van der Waals surface area (Å²) in [6, 6.07) is 29.1. The van der Waals surface area contributed by atoms with Crippen molar-refractivity contribution in [3.05, 3.63) is 102 Å². The van der Waals surface area contributed by atoms with Crippen molar-refractivity contribution in [2.45, 2.75) is 6.54 Å². The van der Waals surface area contributed by atoms with Gasteiger partial charge in [-0.05, 0) is 24.3 Å². The van der Waals surface area contributed by atoms with Gasteiger partial charge in [0, 0.05) is 35.5 Å². The van der Waals surface area contributed by atoms with E-state index in [1.165, 1.54) is 10.9 Å². The van der Waals surface area contributed by atoms with E-state index >= 15 is 0 Å². The molecule has 1 aromatic heterocycles. The normalized spacial score (nSPS) is 10.4. The molecule has 0 unspecified atom stereocenters. The lowest BCUT2D eigenvalue weighted by molar-refractivity contribution is -0.662. The van der Waals surface area contributed by atoms with Gasteiger partial charge in [-0.2, -0.15) is 4.57 Å². The summed E-state index contributed by atoms with van der Waals surface area (Å²) in [7, 11) is 2.10. The molecule has 0 aliphatic carbocycles. The van der Waals surface area contributed by atoms with E-state index in [0.717, 1.165) is 28.5 Å². The molecule has 0 bridgehead atoms. The lowest BCUT2D eigenvalue weighted by Gasteiger charge is -2.20. The minimum absolute atomic E-state index is 0. The number of para-hydroxylation sites is 1. The highest BCUT2D eigenvalue weighted by Crippen LogP contribution is 2.30. The Balaban J connectivity index is 0.00000210. The Hall–Kier alpha value is -2.36. The van der Waals surface area contributed by atoms with Crippen LogP contribution >= 0.6 is 11.6 Å². The van der Waals surface area contributed by atoms with Gasteiger partial charge in [-0.1, -0.05) is 60.1 Å². The molecular weight excluding hydrogens is 420 g/mol. The Morgan fingerprint density at radius 1 is 0.852 bits per heavy atom. The Labute approximate surface area is 175 Å². The first-order chi connectivity index (χ1) is 12.7. The summed E-state index contributed by atoms with van der Waals surface area (Å²) in [6.45, 7) is 0.813. The third kappa shape index (κ3) is 4.15. The van der Waals surface area contributed by atoms with Gasteiger partial charge in [0.25, 0.3) is 0 Å². The summed E-state index contributed by atoms with van der Waals surface area (Å²) < 4.78 is 2.25. The minimum atomic E-state index is 0. The molecule has 0 amide bonds. The van der Waals surface area contributed by atoms with Gasteiger partial charge in [0.2, 0.25) is 5.52 Å². The molecule has 1 heterocycles. The fourth-order valence-corrected chi connectivity index (χ4v) is 3.46. The molecule has 4 heteroatoms. The first-order valence-electron chi connectivity index (χ1n) is 8.67. The molecule has 0 aliphatic heterocycles. The predicted molar refractivity (Wildman–Crippen MR) is 109 cm³/mol. The summed E-state index contributed by atoms with van der Waals surface area (Å²) in [5.74, 6) is 0. The number of pyridine rings is 1. The van der Waals surface area contributed by atoms with Crippen molar-refractivity contribution in [3.8, 4) is 0 Å². The number of halogens is 2. The molecule has 2 nitrogen and oxygen atoms in total. The number of hydrogen-bond acceptors (Lipinski definition) is 1. The van der Waals surface area contributed by atoms with Crippen molar-refractivity contribution in [2.75, 3.05) is 11.9 Å². The first kappa shape index (κ1) is 19.4. The number of nitrogens with zero attached hydrogens (tertiary/aromatic N) is 2. The standard InChI is InChI=1S/C23H20ClN2.BrH/c1-25(20-10-6-3-7-11-20)22-14-15-26(17-18-8-4-2-5-9-18)23-16-19(24)12-13-21(22)23;/h2-16H,17H2,1H3;1H/q+1;/p-1. The van der Waals surface area contributed by atoms with Crippen molar-refractivity contribution in [1.29, 1.82) is 0 Å². The first-order valence-corrected chi connectivity index (χ1v) is 9.04. The molecule has 0 spiro atoms. The van der Waals surface area contributed by atoms with Gasteiger partial charge in [0.1, 0.15) is 0 Å². The summed E-state index contributed by atoms with van der Waals surface area (Å²) in [5.41, 5.74) is 4.71. The van der Waals surface area contributed by atoms with Crippen LogP contribution < -0.4 is 26.4 Å². The third-order valence-corrected chi connectivity index (χ3v) is 4.89. The number of fused-ring (bicyclic) bond motifs is 1. The van der Waals surface area contributed by atoms with Crippen LogP contribution in [-0.2, 0) is 6.54 Å². The number of aromatic nitrogens is 1. The second-order valence-electron chi connectivity index (χ2n) is 6.37. The monoisotopic (exact) mass is 438 g/mol. The maximum atomic E-state index is 6.32. The number of benzene rings is 3. The molecule has 0 atom stereocenters. The van der Waals surface area contributed by atoms with E-state index in [9.17, 15) is 0 Å². The van der Waals surface area contributed by atoms with Crippen LogP contribution in [0, 0.1) is 0 Å². The molecular formula is C23H20BrClN2. The van der Waals surface area contributed by atoms with Crippen molar-refractivity contribution >= 4 is 33.9 Å². The van der Waals surface area contributed by atoms with Gasteiger partial charge in [0.05, 0.1) is 11.1 Å². The molecule has 27 heavy (non-hydrogen) atoms. The number of hydrogen-bond donors (Lipinski definition) is 0. The maximum absolute atomic E-state index is 6.32. The van der Waals surface area contributed by atoms with Crippen LogP contribution in [0.4, 0.5) is 11.4 Å².